The molecule has 5 rings (SSSR count). The number of fused-ring (bicyclic) bond motifs is 1. The summed E-state index contributed by atoms with van der Waals surface area (Å²) in [4.78, 5) is 33.8. The number of aromatic nitrogens is 3. The largest absolute Gasteiger partial charge is 0.390 e. The van der Waals surface area contributed by atoms with Crippen molar-refractivity contribution in [2.75, 3.05) is 35.5 Å². The average molecular weight is 576 g/mol. The van der Waals surface area contributed by atoms with E-state index in [0.717, 1.165) is 24.7 Å². The topological polar surface area (TPSA) is 163 Å². The second-order valence-corrected chi connectivity index (χ2v) is 12.4. The molecule has 2 fully saturated rings. The van der Waals surface area contributed by atoms with Crippen LogP contribution >= 0.6 is 11.6 Å². The van der Waals surface area contributed by atoms with Crippen LogP contribution < -0.4 is 15.4 Å². The molecule has 12 nitrogen and oxygen atoms in total. The zero-order valence-corrected chi connectivity index (χ0v) is 23.1. The summed E-state index contributed by atoms with van der Waals surface area (Å²) in [5, 5.41) is 15.3. The molecule has 0 bridgehead atoms. The van der Waals surface area contributed by atoms with Gasteiger partial charge in [-0.2, -0.15) is 5.10 Å². The molecule has 2 aliphatic heterocycles. The maximum absolute atomic E-state index is 13.8. The number of carbonyl (C=O) groups is 2. The summed E-state index contributed by atoms with van der Waals surface area (Å²) < 4.78 is 27.9. The molecule has 2 aliphatic rings. The third-order valence-corrected chi connectivity index (χ3v) is 8.02. The fourth-order valence-electron chi connectivity index (χ4n) is 5.36. The van der Waals surface area contributed by atoms with Gasteiger partial charge in [0, 0.05) is 42.5 Å². The van der Waals surface area contributed by atoms with Gasteiger partial charge < -0.3 is 20.6 Å². The smallest absolute Gasteiger partial charge is 0.256 e. The summed E-state index contributed by atoms with van der Waals surface area (Å²) in [6.45, 7) is 2.86. The van der Waals surface area contributed by atoms with Gasteiger partial charge in [0.05, 0.1) is 41.3 Å². The van der Waals surface area contributed by atoms with Gasteiger partial charge in [-0.1, -0.05) is 11.6 Å². The summed E-state index contributed by atoms with van der Waals surface area (Å²) in [6, 6.07) is 5.94. The van der Waals surface area contributed by atoms with Crippen molar-refractivity contribution in [2.24, 2.45) is 11.7 Å². The number of aliphatic hydroxyl groups excluding tert-OH is 1. The SMILES string of the molecule is Cc1cn2nc([C@H]3CCCCN3C(=O)c3cc(Cl)ccc3NS(C)(=O)=O)cc2nc1N1C[C@H](C(N)=O)[C@@H](O)C1. The summed E-state index contributed by atoms with van der Waals surface area (Å²) >= 11 is 6.18. The summed E-state index contributed by atoms with van der Waals surface area (Å²) in [5.41, 5.74) is 7.78. The third kappa shape index (κ3) is 5.52. The standard InChI is InChI=1S/C25H30ClN7O5S/c1-14-11-33-22(28-24(14)31-12-17(23(27)35)21(34)13-31)10-19(29-33)20-5-3-4-8-32(20)25(36)16-9-15(26)6-7-18(16)30-39(2,37)38/h6-7,9-11,17,20-21,30,34H,3-5,8,12-13H2,1-2H3,(H2,27,35)/t17-,20+,21-/m0/s1. The average Bonchev–Trinajstić information content (AvgIpc) is 3.46. The quantitative estimate of drug-likeness (QED) is 0.400. The Bertz CT molecular complexity index is 1560. The highest BCUT2D eigenvalue weighted by Gasteiger charge is 2.37. The maximum Gasteiger partial charge on any atom is 0.256 e. The van der Waals surface area contributed by atoms with Gasteiger partial charge in [0.1, 0.15) is 5.82 Å². The number of sulfonamides is 1. The number of piperidine rings is 1. The minimum absolute atomic E-state index is 0.162. The Morgan fingerprint density at radius 2 is 1.97 bits per heavy atom. The van der Waals surface area contributed by atoms with Crippen molar-refractivity contribution in [1.82, 2.24) is 19.5 Å². The number of aryl methyl sites for hydroxylation is 1. The molecule has 4 heterocycles. The number of benzene rings is 1. The number of nitrogens with zero attached hydrogens (tertiary/aromatic N) is 5. The lowest BCUT2D eigenvalue weighted by Crippen LogP contribution is -2.39. The van der Waals surface area contributed by atoms with E-state index in [1.54, 1.807) is 9.42 Å². The number of rotatable bonds is 6. The van der Waals surface area contributed by atoms with Crippen LogP contribution in [0.15, 0.2) is 30.5 Å². The van der Waals surface area contributed by atoms with Crippen LogP contribution in [-0.2, 0) is 14.8 Å². The molecule has 2 aromatic heterocycles. The fourth-order valence-corrected chi connectivity index (χ4v) is 6.11. The highest BCUT2D eigenvalue weighted by molar-refractivity contribution is 7.92. The molecule has 0 unspecified atom stereocenters. The van der Waals surface area contributed by atoms with Gasteiger partial charge in [-0.05, 0) is 44.4 Å². The Labute approximate surface area is 230 Å². The molecule has 14 heteroatoms. The van der Waals surface area contributed by atoms with Crippen molar-refractivity contribution >= 4 is 50.6 Å². The molecular formula is C25H30ClN7O5S. The summed E-state index contributed by atoms with van der Waals surface area (Å²) in [6.07, 6.45) is 4.35. The molecular weight excluding hydrogens is 546 g/mol. The number of primary amides is 1. The van der Waals surface area contributed by atoms with Crippen LogP contribution in [0.2, 0.25) is 5.02 Å². The van der Waals surface area contributed by atoms with E-state index in [1.165, 1.54) is 18.2 Å². The van der Waals surface area contributed by atoms with Gasteiger partial charge in [-0.25, -0.2) is 17.9 Å². The number of hydrogen-bond acceptors (Lipinski definition) is 8. The van der Waals surface area contributed by atoms with Crippen molar-refractivity contribution in [3.63, 3.8) is 0 Å². The molecule has 4 N–H and O–H groups in total. The molecule has 2 amide bonds. The van der Waals surface area contributed by atoms with E-state index in [0.29, 0.717) is 35.1 Å². The first kappa shape index (κ1) is 27.2. The van der Waals surface area contributed by atoms with Crippen molar-refractivity contribution in [3.05, 3.63) is 52.3 Å². The van der Waals surface area contributed by atoms with Crippen LogP contribution in [0.25, 0.3) is 5.65 Å². The second-order valence-electron chi connectivity index (χ2n) is 10.2. The lowest BCUT2D eigenvalue weighted by atomic mass is 9.98. The fraction of sp³-hybridized carbons (Fsp3) is 0.440. The molecule has 39 heavy (non-hydrogen) atoms. The van der Waals surface area contributed by atoms with Gasteiger partial charge in [0.25, 0.3) is 5.91 Å². The Morgan fingerprint density at radius 3 is 2.67 bits per heavy atom. The number of aliphatic hydroxyl groups is 1. The van der Waals surface area contributed by atoms with Crippen LogP contribution in [-0.4, -0.2) is 76.8 Å². The van der Waals surface area contributed by atoms with E-state index in [-0.39, 0.29) is 36.3 Å². The van der Waals surface area contributed by atoms with E-state index in [2.05, 4.69) is 4.72 Å². The van der Waals surface area contributed by atoms with Gasteiger partial charge in [-0.3, -0.25) is 14.3 Å². The molecule has 1 aromatic carbocycles. The monoisotopic (exact) mass is 575 g/mol. The van der Waals surface area contributed by atoms with Crippen molar-refractivity contribution in [2.45, 2.75) is 38.3 Å². The van der Waals surface area contributed by atoms with Crippen LogP contribution in [0, 0.1) is 12.8 Å². The number of hydrogen-bond donors (Lipinski definition) is 3. The number of carbonyl (C=O) groups excluding carboxylic acids is 2. The zero-order chi connectivity index (χ0) is 28.1. The molecule has 0 aliphatic carbocycles. The van der Waals surface area contributed by atoms with E-state index in [4.69, 9.17) is 27.4 Å². The molecule has 0 radical (unpaired) electrons. The first-order valence-corrected chi connectivity index (χ1v) is 14.9. The maximum atomic E-state index is 13.8. The Balaban J connectivity index is 1.47. The Kier molecular flexibility index (Phi) is 7.16. The highest BCUT2D eigenvalue weighted by atomic mass is 35.5. The zero-order valence-electron chi connectivity index (χ0n) is 21.5. The summed E-state index contributed by atoms with van der Waals surface area (Å²) in [5.74, 6) is -0.937. The third-order valence-electron chi connectivity index (χ3n) is 7.19. The highest BCUT2D eigenvalue weighted by Crippen LogP contribution is 2.34. The number of amides is 2. The first-order valence-electron chi connectivity index (χ1n) is 12.6. The predicted molar refractivity (Wildman–Crippen MR) is 146 cm³/mol. The van der Waals surface area contributed by atoms with E-state index >= 15 is 0 Å². The minimum Gasteiger partial charge on any atom is -0.390 e. The minimum atomic E-state index is -3.62. The van der Waals surface area contributed by atoms with Crippen molar-refractivity contribution in [3.8, 4) is 0 Å². The van der Waals surface area contributed by atoms with Gasteiger partial charge >= 0.3 is 0 Å². The summed E-state index contributed by atoms with van der Waals surface area (Å²) in [7, 11) is -3.62. The van der Waals surface area contributed by atoms with E-state index in [9.17, 15) is 23.1 Å². The Hall–Kier alpha value is -3.42. The van der Waals surface area contributed by atoms with Gasteiger partial charge in [0.15, 0.2) is 5.65 Å². The molecule has 208 valence electrons. The number of nitrogens with two attached hydrogens (primary N) is 1. The van der Waals surface area contributed by atoms with Crippen molar-refractivity contribution < 1.29 is 23.1 Å². The molecule has 3 atom stereocenters. The van der Waals surface area contributed by atoms with Crippen molar-refractivity contribution in [1.29, 1.82) is 0 Å². The second kappa shape index (κ2) is 10.3. The number of anilines is 2. The normalized spacial score (nSPS) is 21.9. The molecule has 0 saturated carbocycles. The lowest BCUT2D eigenvalue weighted by Gasteiger charge is -2.35. The molecule has 3 aromatic rings. The van der Waals surface area contributed by atoms with E-state index < -0.39 is 28.0 Å². The number of β-amino-alcohol motifs (C(OH)–C–C–N with tert-alkyl or cyclic N) is 1. The number of likely N-dealkylation sites (tertiary alicyclic amines) is 1. The van der Waals surface area contributed by atoms with Crippen LogP contribution in [0.5, 0.6) is 0 Å². The van der Waals surface area contributed by atoms with Gasteiger partial charge in [-0.15, -0.1) is 0 Å². The molecule has 0 spiro atoms. The van der Waals surface area contributed by atoms with Gasteiger partial charge in [0.2, 0.25) is 15.9 Å². The predicted octanol–water partition coefficient (Wildman–Crippen LogP) is 1.71. The van der Waals surface area contributed by atoms with Crippen LogP contribution in [0.4, 0.5) is 11.5 Å². The molecule has 2 saturated heterocycles. The van der Waals surface area contributed by atoms with E-state index in [1.807, 2.05) is 24.1 Å². The van der Waals surface area contributed by atoms with Crippen LogP contribution in [0.3, 0.4) is 0 Å². The first-order chi connectivity index (χ1) is 18.4. The Morgan fingerprint density at radius 1 is 1.21 bits per heavy atom. The lowest BCUT2D eigenvalue weighted by molar-refractivity contribution is -0.123. The van der Waals surface area contributed by atoms with Crippen LogP contribution in [0.1, 0.15) is 46.9 Å². The number of nitrogens with one attached hydrogen (secondary N) is 1. The number of halogens is 1.